The summed E-state index contributed by atoms with van der Waals surface area (Å²) >= 11 is 6.01. The van der Waals surface area contributed by atoms with Crippen LogP contribution in [0, 0.1) is 5.92 Å². The maximum absolute atomic E-state index is 11.9. The Balaban J connectivity index is 1.59. The van der Waals surface area contributed by atoms with Crippen LogP contribution in [0.15, 0.2) is 30.3 Å². The van der Waals surface area contributed by atoms with Crippen molar-refractivity contribution in [1.29, 1.82) is 0 Å². The highest BCUT2D eigenvalue weighted by Gasteiger charge is 2.52. The predicted octanol–water partition coefficient (Wildman–Crippen LogP) is 2.34. The number of hydrogen-bond acceptors (Lipinski definition) is 2. The summed E-state index contributed by atoms with van der Waals surface area (Å²) in [4.78, 5) is 13.6. The Morgan fingerprint density at radius 3 is 2.68 bits per heavy atom. The van der Waals surface area contributed by atoms with Crippen LogP contribution < -0.4 is 0 Å². The lowest BCUT2D eigenvalue weighted by atomic mass is 9.88. The maximum Gasteiger partial charge on any atom is 0.246 e. The van der Waals surface area contributed by atoms with Gasteiger partial charge in [-0.1, -0.05) is 29.8 Å². The number of nitrogens with zero attached hydrogens (tertiary/aromatic N) is 1. The Morgan fingerprint density at radius 2 is 2.05 bits per heavy atom. The fraction of sp³-hybridized carbons (Fsp3) is 0.400. The number of likely N-dealkylation sites (tertiary alicyclic amines) is 1. The van der Waals surface area contributed by atoms with E-state index in [9.17, 15) is 9.90 Å². The molecule has 1 aliphatic carbocycles. The molecule has 1 aromatic rings. The number of carbonyl (C=O) groups excluding carboxylic acids is 1. The van der Waals surface area contributed by atoms with Gasteiger partial charge in [0.1, 0.15) is 5.60 Å². The standard InChI is InChI=1S/C15H16ClNO2/c16-13-4-2-1-3-11(13)5-8-14(18)17-9-15(19,10-17)12-6-7-12/h1-5,8,12,19H,6-7,9-10H2. The minimum atomic E-state index is -0.617. The van der Waals surface area contributed by atoms with Crippen molar-refractivity contribution in [3.8, 4) is 0 Å². The molecule has 2 aliphatic rings. The molecule has 1 aromatic carbocycles. The van der Waals surface area contributed by atoms with Crippen molar-refractivity contribution in [1.82, 2.24) is 4.90 Å². The number of benzene rings is 1. The number of hydrogen-bond donors (Lipinski definition) is 1. The second kappa shape index (κ2) is 4.66. The predicted molar refractivity (Wildman–Crippen MR) is 74.7 cm³/mol. The van der Waals surface area contributed by atoms with E-state index in [0.717, 1.165) is 18.4 Å². The van der Waals surface area contributed by atoms with E-state index in [-0.39, 0.29) is 5.91 Å². The highest BCUT2D eigenvalue weighted by Crippen LogP contribution is 2.44. The zero-order valence-electron chi connectivity index (χ0n) is 10.6. The maximum atomic E-state index is 11.9. The van der Waals surface area contributed by atoms with Gasteiger partial charge in [0.25, 0.3) is 0 Å². The summed E-state index contributed by atoms with van der Waals surface area (Å²) in [7, 11) is 0. The second-order valence-corrected chi connectivity index (χ2v) is 5.83. The molecular weight excluding hydrogens is 262 g/mol. The number of halogens is 1. The topological polar surface area (TPSA) is 40.5 Å². The first-order valence-corrected chi connectivity index (χ1v) is 6.90. The van der Waals surface area contributed by atoms with Crippen molar-refractivity contribution in [3.05, 3.63) is 40.9 Å². The molecule has 1 amide bonds. The van der Waals surface area contributed by atoms with E-state index in [4.69, 9.17) is 11.6 Å². The Bertz CT molecular complexity index is 531. The van der Waals surface area contributed by atoms with Gasteiger partial charge >= 0.3 is 0 Å². The monoisotopic (exact) mass is 277 g/mol. The molecule has 3 nitrogen and oxygen atoms in total. The molecule has 1 heterocycles. The average Bonchev–Trinajstić information content (AvgIpc) is 3.18. The number of carbonyl (C=O) groups is 1. The molecule has 0 aromatic heterocycles. The van der Waals surface area contributed by atoms with Crippen LogP contribution in [-0.2, 0) is 4.79 Å². The molecule has 0 unspecified atom stereocenters. The van der Waals surface area contributed by atoms with Gasteiger partial charge in [0.05, 0.1) is 13.1 Å². The number of amides is 1. The SMILES string of the molecule is O=C(C=Cc1ccccc1Cl)N1CC(O)(C2CC2)C1. The molecule has 0 bridgehead atoms. The van der Waals surface area contributed by atoms with Crippen LogP contribution in [0.1, 0.15) is 18.4 Å². The Kier molecular flexibility index (Phi) is 3.11. The van der Waals surface area contributed by atoms with Crippen LogP contribution in [0.5, 0.6) is 0 Å². The smallest absolute Gasteiger partial charge is 0.246 e. The molecule has 2 fully saturated rings. The molecule has 100 valence electrons. The lowest BCUT2D eigenvalue weighted by Gasteiger charge is -2.46. The molecule has 0 atom stereocenters. The lowest BCUT2D eigenvalue weighted by Crippen LogP contribution is -2.64. The Morgan fingerprint density at radius 1 is 1.37 bits per heavy atom. The Labute approximate surface area is 117 Å². The van der Waals surface area contributed by atoms with E-state index in [2.05, 4.69) is 0 Å². The summed E-state index contributed by atoms with van der Waals surface area (Å²) in [5.74, 6) is 0.342. The van der Waals surface area contributed by atoms with E-state index in [1.165, 1.54) is 6.08 Å². The largest absolute Gasteiger partial charge is 0.386 e. The van der Waals surface area contributed by atoms with E-state index in [1.54, 1.807) is 17.0 Å². The fourth-order valence-electron chi connectivity index (χ4n) is 2.53. The highest BCUT2D eigenvalue weighted by molar-refractivity contribution is 6.32. The highest BCUT2D eigenvalue weighted by atomic mass is 35.5. The summed E-state index contributed by atoms with van der Waals surface area (Å²) in [6.45, 7) is 0.923. The molecule has 0 radical (unpaired) electrons. The van der Waals surface area contributed by atoms with Gasteiger partial charge in [-0.15, -0.1) is 0 Å². The molecule has 1 saturated carbocycles. The number of rotatable bonds is 3. The van der Waals surface area contributed by atoms with Crippen molar-refractivity contribution in [2.75, 3.05) is 13.1 Å². The summed E-state index contributed by atoms with van der Waals surface area (Å²) in [6, 6.07) is 7.39. The quantitative estimate of drug-likeness (QED) is 0.862. The van der Waals surface area contributed by atoms with E-state index in [1.807, 2.05) is 18.2 Å². The third-order valence-electron chi connectivity index (χ3n) is 3.89. The van der Waals surface area contributed by atoms with Gasteiger partial charge in [0.15, 0.2) is 0 Å². The molecule has 1 aliphatic heterocycles. The normalized spacial score (nSPS) is 21.5. The summed E-state index contributed by atoms with van der Waals surface area (Å²) < 4.78 is 0. The third kappa shape index (κ3) is 2.53. The molecule has 1 saturated heterocycles. The van der Waals surface area contributed by atoms with Crippen LogP contribution in [0.25, 0.3) is 6.08 Å². The van der Waals surface area contributed by atoms with Crippen molar-refractivity contribution in [2.24, 2.45) is 5.92 Å². The van der Waals surface area contributed by atoms with Crippen molar-refractivity contribution >= 4 is 23.6 Å². The van der Waals surface area contributed by atoms with Crippen LogP contribution in [0.4, 0.5) is 0 Å². The van der Waals surface area contributed by atoms with Gasteiger partial charge in [0.2, 0.25) is 5.91 Å². The first-order chi connectivity index (χ1) is 9.08. The first-order valence-electron chi connectivity index (χ1n) is 6.52. The molecule has 4 heteroatoms. The zero-order valence-corrected chi connectivity index (χ0v) is 11.3. The number of aliphatic hydroxyl groups is 1. The van der Waals surface area contributed by atoms with Gasteiger partial charge in [-0.3, -0.25) is 4.79 Å². The first kappa shape index (κ1) is 12.7. The lowest BCUT2D eigenvalue weighted by molar-refractivity contribution is -0.154. The van der Waals surface area contributed by atoms with Crippen molar-refractivity contribution < 1.29 is 9.90 Å². The average molecular weight is 278 g/mol. The minimum absolute atomic E-state index is 0.0646. The van der Waals surface area contributed by atoms with Crippen LogP contribution >= 0.6 is 11.6 Å². The van der Waals surface area contributed by atoms with Gasteiger partial charge in [-0.25, -0.2) is 0 Å². The van der Waals surface area contributed by atoms with Gasteiger partial charge in [0, 0.05) is 11.1 Å². The molecule has 1 N–H and O–H groups in total. The summed E-state index contributed by atoms with van der Waals surface area (Å²) in [5.41, 5.74) is 0.212. The minimum Gasteiger partial charge on any atom is -0.386 e. The van der Waals surface area contributed by atoms with Gasteiger partial charge in [-0.05, 0) is 36.5 Å². The molecule has 3 rings (SSSR count). The fourth-order valence-corrected chi connectivity index (χ4v) is 2.72. The van der Waals surface area contributed by atoms with Crippen LogP contribution in [-0.4, -0.2) is 34.6 Å². The van der Waals surface area contributed by atoms with Crippen LogP contribution in [0.2, 0.25) is 5.02 Å². The molecular formula is C15H16ClNO2. The molecule has 0 spiro atoms. The van der Waals surface area contributed by atoms with Crippen LogP contribution in [0.3, 0.4) is 0 Å². The molecule has 19 heavy (non-hydrogen) atoms. The van der Waals surface area contributed by atoms with E-state index < -0.39 is 5.60 Å². The Hall–Kier alpha value is -1.32. The third-order valence-corrected chi connectivity index (χ3v) is 4.23. The van der Waals surface area contributed by atoms with Gasteiger partial charge in [-0.2, -0.15) is 0 Å². The zero-order chi connectivity index (χ0) is 13.5. The van der Waals surface area contributed by atoms with Crippen molar-refractivity contribution in [2.45, 2.75) is 18.4 Å². The van der Waals surface area contributed by atoms with E-state index in [0.29, 0.717) is 24.0 Å². The number of β-amino-alcohol motifs (C(OH)–C–C–N with tert-alkyl or cyclic N) is 1. The second-order valence-electron chi connectivity index (χ2n) is 5.43. The van der Waals surface area contributed by atoms with Gasteiger partial charge < -0.3 is 10.0 Å². The summed E-state index contributed by atoms with van der Waals surface area (Å²) in [5, 5.41) is 10.8. The van der Waals surface area contributed by atoms with E-state index >= 15 is 0 Å². The van der Waals surface area contributed by atoms with Crippen molar-refractivity contribution in [3.63, 3.8) is 0 Å². The summed E-state index contributed by atoms with van der Waals surface area (Å²) in [6.07, 6.45) is 5.43.